The van der Waals surface area contributed by atoms with Crippen LogP contribution in [0.3, 0.4) is 0 Å². The molecule has 0 aliphatic rings. The average Bonchev–Trinajstić information content (AvgIpc) is 1.80. The predicted octanol–water partition coefficient (Wildman–Crippen LogP) is 0.998. The molecule has 56 valence electrons. The molecule has 0 aliphatic carbocycles. The molecule has 0 fully saturated rings. The van der Waals surface area contributed by atoms with Crippen molar-refractivity contribution < 1.29 is 18.6 Å². The van der Waals surface area contributed by atoms with Gasteiger partial charge in [-0.05, 0) is 12.8 Å². The van der Waals surface area contributed by atoms with Gasteiger partial charge in [0.05, 0.1) is 6.61 Å². The van der Waals surface area contributed by atoms with Crippen molar-refractivity contribution in [1.29, 1.82) is 0 Å². The van der Waals surface area contributed by atoms with Gasteiger partial charge in [0.2, 0.25) is 0 Å². The van der Waals surface area contributed by atoms with Crippen LogP contribution in [0.1, 0.15) is 12.8 Å². The lowest BCUT2D eigenvalue weighted by Crippen LogP contribution is -2.01. The number of halogens is 2. The third-order valence-electron chi connectivity index (χ3n) is 0.796. The maximum absolute atomic E-state index is 11.2. The second-order valence-electron chi connectivity index (χ2n) is 1.56. The van der Waals surface area contributed by atoms with E-state index in [0.29, 0.717) is 12.8 Å². The van der Waals surface area contributed by atoms with Gasteiger partial charge >= 0.3 is 6.61 Å². The summed E-state index contributed by atoms with van der Waals surface area (Å²) in [6.45, 7) is -2.62. The highest BCUT2D eigenvalue weighted by Crippen LogP contribution is 1.96. The third kappa shape index (κ3) is 7.78. The van der Waals surface area contributed by atoms with E-state index >= 15 is 0 Å². The number of ether oxygens (including phenoxy) is 1. The second kappa shape index (κ2) is 5.91. The molecule has 0 spiro atoms. The van der Waals surface area contributed by atoms with Crippen LogP contribution in [0.2, 0.25) is 0 Å². The van der Waals surface area contributed by atoms with Crippen LogP contribution < -0.4 is 0 Å². The van der Waals surface area contributed by atoms with Crippen molar-refractivity contribution in [3.8, 4) is 0 Å². The van der Waals surface area contributed by atoms with Crippen molar-refractivity contribution in [2.24, 2.45) is 0 Å². The third-order valence-corrected chi connectivity index (χ3v) is 0.796. The van der Waals surface area contributed by atoms with Gasteiger partial charge in [-0.15, -0.1) is 0 Å². The summed E-state index contributed by atoms with van der Waals surface area (Å²) < 4.78 is 26.3. The Hall–Kier alpha value is -0.220. The molecule has 0 aromatic carbocycles. The average molecular weight is 140 g/mol. The summed E-state index contributed by atoms with van der Waals surface area (Å²) in [6.07, 6.45) is 1.01. The molecular formula is C5H10F2O2. The fourth-order valence-electron chi connectivity index (χ4n) is 0.386. The zero-order chi connectivity index (χ0) is 7.11. The van der Waals surface area contributed by atoms with Crippen molar-refractivity contribution in [3.63, 3.8) is 0 Å². The minimum absolute atomic E-state index is 0.0260. The maximum Gasteiger partial charge on any atom is 0.345 e. The van der Waals surface area contributed by atoms with E-state index in [-0.39, 0.29) is 13.2 Å². The van der Waals surface area contributed by atoms with Crippen molar-refractivity contribution >= 4 is 0 Å². The van der Waals surface area contributed by atoms with E-state index in [1.165, 1.54) is 0 Å². The topological polar surface area (TPSA) is 29.5 Å². The maximum atomic E-state index is 11.2. The van der Waals surface area contributed by atoms with Gasteiger partial charge in [0.15, 0.2) is 0 Å². The number of rotatable bonds is 5. The first-order valence-corrected chi connectivity index (χ1v) is 2.78. The summed E-state index contributed by atoms with van der Waals surface area (Å²) in [4.78, 5) is 0. The second-order valence-corrected chi connectivity index (χ2v) is 1.56. The highest BCUT2D eigenvalue weighted by atomic mass is 19.3. The van der Waals surface area contributed by atoms with E-state index < -0.39 is 6.61 Å². The van der Waals surface area contributed by atoms with Crippen LogP contribution in [0.15, 0.2) is 0 Å². The molecule has 1 N–H and O–H groups in total. The van der Waals surface area contributed by atoms with Crippen molar-refractivity contribution in [3.05, 3.63) is 0 Å². The molecule has 0 atom stereocenters. The van der Waals surface area contributed by atoms with Crippen molar-refractivity contribution in [2.45, 2.75) is 19.5 Å². The lowest BCUT2D eigenvalue weighted by Gasteiger charge is -1.99. The summed E-state index contributed by atoms with van der Waals surface area (Å²) in [5.74, 6) is 0. The summed E-state index contributed by atoms with van der Waals surface area (Å²) in [5.41, 5.74) is 0. The van der Waals surface area contributed by atoms with Crippen molar-refractivity contribution in [2.75, 3.05) is 13.2 Å². The number of aliphatic hydroxyl groups excluding tert-OH is 1. The summed E-state index contributed by atoms with van der Waals surface area (Å²) in [6, 6.07) is 0. The number of hydrogen-bond donors (Lipinski definition) is 1. The van der Waals surface area contributed by atoms with E-state index in [0.717, 1.165) is 0 Å². The minimum Gasteiger partial charge on any atom is -0.396 e. The number of hydrogen-bond acceptors (Lipinski definition) is 2. The molecule has 0 aliphatic heterocycles. The molecule has 0 aromatic heterocycles. The Kier molecular flexibility index (Phi) is 5.76. The van der Waals surface area contributed by atoms with Gasteiger partial charge in [-0.2, -0.15) is 8.78 Å². The Morgan fingerprint density at radius 2 is 2.00 bits per heavy atom. The molecule has 0 saturated heterocycles. The van der Waals surface area contributed by atoms with Crippen LogP contribution in [0.25, 0.3) is 0 Å². The number of unbranched alkanes of at least 4 members (excludes halogenated alkanes) is 1. The van der Waals surface area contributed by atoms with Crippen LogP contribution in [-0.4, -0.2) is 24.9 Å². The summed E-state index contributed by atoms with van der Waals surface area (Å²) in [5, 5.41) is 8.19. The fourth-order valence-corrected chi connectivity index (χ4v) is 0.386. The zero-order valence-electron chi connectivity index (χ0n) is 5.02. The van der Waals surface area contributed by atoms with Crippen LogP contribution in [0.5, 0.6) is 0 Å². The normalized spacial score (nSPS) is 10.7. The lowest BCUT2D eigenvalue weighted by molar-refractivity contribution is -0.129. The molecule has 0 radical (unpaired) electrons. The molecule has 0 saturated carbocycles. The highest BCUT2D eigenvalue weighted by Gasteiger charge is 1.98. The molecular weight excluding hydrogens is 130 g/mol. The van der Waals surface area contributed by atoms with Crippen molar-refractivity contribution in [1.82, 2.24) is 0 Å². The monoisotopic (exact) mass is 140 g/mol. The van der Waals surface area contributed by atoms with Gasteiger partial charge in [0, 0.05) is 6.61 Å². The molecule has 0 aromatic rings. The van der Waals surface area contributed by atoms with E-state index in [9.17, 15) is 8.78 Å². The van der Waals surface area contributed by atoms with E-state index in [2.05, 4.69) is 4.74 Å². The zero-order valence-corrected chi connectivity index (χ0v) is 5.02. The molecule has 2 nitrogen and oxygen atoms in total. The Morgan fingerprint density at radius 1 is 1.33 bits per heavy atom. The van der Waals surface area contributed by atoms with E-state index in [1.807, 2.05) is 0 Å². The van der Waals surface area contributed by atoms with Crippen LogP contribution in [0, 0.1) is 0 Å². The standard InChI is InChI=1S/C5H10F2O2/c6-5(7)9-4-2-1-3-8/h5,8H,1-4H2. The molecule has 0 amide bonds. The van der Waals surface area contributed by atoms with Gasteiger partial charge in [-0.25, -0.2) is 0 Å². The smallest absolute Gasteiger partial charge is 0.345 e. The van der Waals surface area contributed by atoms with E-state index in [1.54, 1.807) is 0 Å². The van der Waals surface area contributed by atoms with E-state index in [4.69, 9.17) is 5.11 Å². The highest BCUT2D eigenvalue weighted by molar-refractivity contribution is 4.34. The molecule has 0 unspecified atom stereocenters. The van der Waals surface area contributed by atoms with Gasteiger partial charge < -0.3 is 9.84 Å². The number of alkyl halides is 2. The lowest BCUT2D eigenvalue weighted by atomic mass is 10.3. The Balaban J connectivity index is 2.75. The number of aliphatic hydroxyl groups is 1. The summed E-state index contributed by atoms with van der Waals surface area (Å²) in [7, 11) is 0. The first-order chi connectivity index (χ1) is 4.27. The Bertz CT molecular complexity index is 58.9. The molecule has 0 heterocycles. The van der Waals surface area contributed by atoms with Crippen LogP contribution in [-0.2, 0) is 4.74 Å². The minimum atomic E-state index is -2.68. The first-order valence-electron chi connectivity index (χ1n) is 2.78. The fraction of sp³-hybridized carbons (Fsp3) is 1.00. The van der Waals surface area contributed by atoms with Gasteiger partial charge in [0.1, 0.15) is 0 Å². The van der Waals surface area contributed by atoms with Crippen LogP contribution in [0.4, 0.5) is 8.78 Å². The van der Waals surface area contributed by atoms with Gasteiger partial charge in [0.25, 0.3) is 0 Å². The SMILES string of the molecule is OCCCCOC(F)F. The van der Waals surface area contributed by atoms with Gasteiger partial charge in [-0.1, -0.05) is 0 Å². The molecule has 4 heteroatoms. The van der Waals surface area contributed by atoms with Crippen LogP contribution >= 0.6 is 0 Å². The molecule has 0 rings (SSSR count). The van der Waals surface area contributed by atoms with Gasteiger partial charge in [-0.3, -0.25) is 0 Å². The predicted molar refractivity (Wildman–Crippen MR) is 28.3 cm³/mol. The quantitative estimate of drug-likeness (QED) is 0.577. The largest absolute Gasteiger partial charge is 0.396 e. The Labute approximate surface area is 52.4 Å². The molecule has 9 heavy (non-hydrogen) atoms. The molecule has 0 bridgehead atoms. The first kappa shape index (κ1) is 8.78. The summed E-state index contributed by atoms with van der Waals surface area (Å²) >= 11 is 0. The Morgan fingerprint density at radius 3 is 2.44 bits per heavy atom.